The molecule has 5 atom stereocenters. The van der Waals surface area contributed by atoms with Crippen LogP contribution in [-0.4, -0.2) is 82.8 Å². The summed E-state index contributed by atoms with van der Waals surface area (Å²) in [5, 5.41) is 9.51. The first-order valence-electron chi connectivity index (χ1n) is 13.8. The average Bonchev–Trinajstić information content (AvgIpc) is 3.53. The third kappa shape index (κ3) is 4.86. The van der Waals surface area contributed by atoms with Crippen molar-refractivity contribution >= 4 is 17.8 Å². The molecule has 1 saturated carbocycles. The molecule has 8 heteroatoms. The van der Waals surface area contributed by atoms with Gasteiger partial charge in [0, 0.05) is 25.7 Å². The van der Waals surface area contributed by atoms with Crippen LogP contribution in [0.4, 0.5) is 0 Å². The first-order valence-corrected chi connectivity index (χ1v) is 13.8. The molecule has 1 aliphatic carbocycles. The van der Waals surface area contributed by atoms with Crippen molar-refractivity contribution in [3.8, 4) is 0 Å². The number of aliphatic hydroxyl groups excluding tert-OH is 1. The van der Waals surface area contributed by atoms with E-state index in [-0.39, 0.29) is 31.0 Å². The van der Waals surface area contributed by atoms with Crippen LogP contribution in [0.5, 0.6) is 0 Å². The Hall–Kier alpha value is -2.19. The van der Waals surface area contributed by atoms with E-state index in [1.54, 1.807) is 11.0 Å². The summed E-state index contributed by atoms with van der Waals surface area (Å²) in [6, 6.07) is -0.678. The zero-order valence-corrected chi connectivity index (χ0v) is 21.4. The Labute approximate surface area is 214 Å². The summed E-state index contributed by atoms with van der Waals surface area (Å²) in [5.74, 6) is -2.15. The van der Waals surface area contributed by atoms with E-state index in [1.807, 2.05) is 11.0 Å². The van der Waals surface area contributed by atoms with E-state index in [4.69, 9.17) is 9.47 Å². The second-order valence-corrected chi connectivity index (χ2v) is 10.7. The van der Waals surface area contributed by atoms with Crippen LogP contribution in [0.1, 0.15) is 70.6 Å². The monoisotopic (exact) mass is 502 g/mol. The van der Waals surface area contributed by atoms with Crippen LogP contribution in [0.15, 0.2) is 25.3 Å². The Balaban J connectivity index is 1.59. The highest BCUT2D eigenvalue weighted by Gasteiger charge is 2.75. The smallest absolute Gasteiger partial charge is 0.312 e. The highest BCUT2D eigenvalue weighted by atomic mass is 16.6. The molecule has 0 aromatic carbocycles. The molecule has 8 nitrogen and oxygen atoms in total. The molecule has 3 aliphatic heterocycles. The number of carbonyl (C=O) groups excluding carboxylic acids is 3. The van der Waals surface area contributed by atoms with E-state index in [0.717, 1.165) is 44.9 Å². The number of aliphatic hydroxyl groups is 1. The molecule has 2 amide bonds. The number of esters is 1. The third-order valence-corrected chi connectivity index (χ3v) is 8.53. The zero-order valence-electron chi connectivity index (χ0n) is 21.4. The number of nitrogens with zero attached hydrogens (tertiary/aromatic N) is 2. The maximum Gasteiger partial charge on any atom is 0.312 e. The Kier molecular flexibility index (Phi) is 8.88. The number of unbranched alkanes of at least 4 members (excludes halogenated alkanes) is 2. The third-order valence-electron chi connectivity index (χ3n) is 8.53. The molecule has 0 aromatic rings. The summed E-state index contributed by atoms with van der Waals surface area (Å²) in [7, 11) is 0. The van der Waals surface area contributed by atoms with Crippen LogP contribution in [0, 0.1) is 11.8 Å². The van der Waals surface area contributed by atoms with Gasteiger partial charge in [-0.05, 0) is 51.4 Å². The van der Waals surface area contributed by atoms with Gasteiger partial charge in [-0.3, -0.25) is 14.4 Å². The molecule has 4 rings (SSSR count). The van der Waals surface area contributed by atoms with Crippen LogP contribution >= 0.6 is 0 Å². The summed E-state index contributed by atoms with van der Waals surface area (Å²) in [6.45, 7) is 8.48. The lowest BCUT2D eigenvalue weighted by molar-refractivity contribution is -0.155. The van der Waals surface area contributed by atoms with Crippen LogP contribution < -0.4 is 0 Å². The number of hydrogen-bond acceptors (Lipinski definition) is 6. The molecule has 200 valence electrons. The quantitative estimate of drug-likeness (QED) is 0.236. The Morgan fingerprint density at radius 2 is 1.92 bits per heavy atom. The van der Waals surface area contributed by atoms with Gasteiger partial charge >= 0.3 is 5.97 Å². The van der Waals surface area contributed by atoms with Gasteiger partial charge in [0.25, 0.3) is 0 Å². The van der Waals surface area contributed by atoms with Gasteiger partial charge in [0.05, 0.1) is 24.5 Å². The van der Waals surface area contributed by atoms with Crippen molar-refractivity contribution in [1.29, 1.82) is 0 Å². The molecule has 2 unspecified atom stereocenters. The van der Waals surface area contributed by atoms with Gasteiger partial charge in [0.15, 0.2) is 0 Å². The molecule has 4 fully saturated rings. The predicted octanol–water partition coefficient (Wildman–Crippen LogP) is 2.99. The number of fused-ring (bicyclic) bond motifs is 1. The van der Waals surface area contributed by atoms with E-state index in [2.05, 4.69) is 13.2 Å². The Morgan fingerprint density at radius 1 is 1.14 bits per heavy atom. The maximum absolute atomic E-state index is 14.2. The van der Waals surface area contributed by atoms with E-state index >= 15 is 0 Å². The molecule has 1 N–H and O–H groups in total. The second kappa shape index (κ2) is 11.9. The minimum Gasteiger partial charge on any atom is -0.465 e. The number of carbonyl (C=O) groups is 3. The summed E-state index contributed by atoms with van der Waals surface area (Å²) in [5.41, 5.74) is -1.02. The van der Waals surface area contributed by atoms with Crippen LogP contribution in [-0.2, 0) is 23.9 Å². The first kappa shape index (κ1) is 26.9. The number of likely N-dealkylation sites (tertiary alicyclic amines) is 1. The van der Waals surface area contributed by atoms with Crippen LogP contribution in [0.2, 0.25) is 0 Å². The number of rotatable bonds is 13. The van der Waals surface area contributed by atoms with E-state index < -0.39 is 35.6 Å². The average molecular weight is 503 g/mol. The second-order valence-electron chi connectivity index (χ2n) is 10.7. The van der Waals surface area contributed by atoms with Gasteiger partial charge in [0.2, 0.25) is 11.8 Å². The van der Waals surface area contributed by atoms with Crippen molar-refractivity contribution in [2.45, 2.75) is 94.4 Å². The van der Waals surface area contributed by atoms with E-state index in [9.17, 15) is 19.5 Å². The lowest BCUT2D eigenvalue weighted by Gasteiger charge is -2.40. The fourth-order valence-electron chi connectivity index (χ4n) is 6.95. The SMILES string of the molecule is C=CCCCCOC(=O)[C@@H]1[C@@H]2CCC3(O2)C(C(=O)N(CC=C)C2CCCCC2)N(CCCO)C(=O)[C@H]13. The van der Waals surface area contributed by atoms with E-state index in [0.29, 0.717) is 32.4 Å². The predicted molar refractivity (Wildman–Crippen MR) is 135 cm³/mol. The van der Waals surface area contributed by atoms with Crippen LogP contribution in [0.3, 0.4) is 0 Å². The topological polar surface area (TPSA) is 96.4 Å². The Bertz CT molecular complexity index is 840. The minimum atomic E-state index is -1.02. The molecular formula is C28H42N2O6. The largest absolute Gasteiger partial charge is 0.465 e. The van der Waals surface area contributed by atoms with Crippen molar-refractivity contribution in [3.05, 3.63) is 25.3 Å². The Morgan fingerprint density at radius 3 is 2.61 bits per heavy atom. The summed E-state index contributed by atoms with van der Waals surface area (Å²) in [4.78, 5) is 44.7. The molecule has 3 saturated heterocycles. The molecule has 3 heterocycles. The van der Waals surface area contributed by atoms with Gasteiger partial charge in [-0.2, -0.15) is 0 Å². The molecule has 36 heavy (non-hydrogen) atoms. The molecule has 1 spiro atoms. The molecular weight excluding hydrogens is 460 g/mol. The highest BCUT2D eigenvalue weighted by Crippen LogP contribution is 2.59. The van der Waals surface area contributed by atoms with E-state index in [1.165, 1.54) is 6.42 Å². The van der Waals surface area contributed by atoms with Crippen molar-refractivity contribution in [2.75, 3.05) is 26.3 Å². The van der Waals surface area contributed by atoms with Gasteiger partial charge in [-0.1, -0.05) is 31.4 Å². The molecule has 0 aromatic heterocycles. The number of allylic oxidation sites excluding steroid dienone is 1. The first-order chi connectivity index (χ1) is 17.5. The normalized spacial score (nSPS) is 31.4. The molecule has 4 aliphatic rings. The molecule has 2 bridgehead atoms. The molecule has 0 radical (unpaired) electrons. The fourth-order valence-corrected chi connectivity index (χ4v) is 6.95. The standard InChI is InChI=1S/C28H42N2O6/c1-3-5-6-10-19-35-27(34)22-21-14-15-28(36-21)23(22)25(32)30(17-11-18-31)24(28)26(33)29(16-4-2)20-12-8-7-9-13-20/h3-4,20-24,31H,1-2,5-19H2/t21-,22+,23-,24?,28?/m0/s1. The van der Waals surface area contributed by atoms with Gasteiger partial charge in [0.1, 0.15) is 11.6 Å². The van der Waals surface area contributed by atoms with Crippen LogP contribution in [0.25, 0.3) is 0 Å². The summed E-state index contributed by atoms with van der Waals surface area (Å²) >= 11 is 0. The minimum absolute atomic E-state index is 0.0823. The van der Waals surface area contributed by atoms with Crippen molar-refractivity contribution in [3.63, 3.8) is 0 Å². The number of amides is 2. The lowest BCUT2D eigenvalue weighted by atomic mass is 9.70. The number of ether oxygens (including phenoxy) is 2. The van der Waals surface area contributed by atoms with Crippen molar-refractivity contribution in [1.82, 2.24) is 9.80 Å². The number of hydrogen-bond donors (Lipinski definition) is 1. The summed E-state index contributed by atoms with van der Waals surface area (Å²) in [6.07, 6.45) is 12.4. The van der Waals surface area contributed by atoms with Crippen molar-refractivity contribution < 1.29 is 29.0 Å². The van der Waals surface area contributed by atoms with Gasteiger partial charge < -0.3 is 24.4 Å². The maximum atomic E-state index is 14.2. The van der Waals surface area contributed by atoms with Gasteiger partial charge in [-0.15, -0.1) is 13.2 Å². The van der Waals surface area contributed by atoms with Crippen molar-refractivity contribution in [2.24, 2.45) is 11.8 Å². The zero-order chi connectivity index (χ0) is 25.7. The summed E-state index contributed by atoms with van der Waals surface area (Å²) < 4.78 is 12.1. The lowest BCUT2D eigenvalue weighted by Crippen LogP contribution is -2.58. The highest BCUT2D eigenvalue weighted by molar-refractivity contribution is 5.98. The fraction of sp³-hybridized carbons (Fsp3) is 0.750. The van der Waals surface area contributed by atoms with Gasteiger partial charge in [-0.25, -0.2) is 0 Å².